The van der Waals surface area contributed by atoms with Gasteiger partial charge in [-0.2, -0.15) is 5.10 Å². The zero-order valence-electron chi connectivity index (χ0n) is 14.5. The number of rotatable bonds is 4. The number of hydrogen-bond donors (Lipinski definition) is 1. The Balaban J connectivity index is 1.75. The average molecular weight is 386 g/mol. The van der Waals surface area contributed by atoms with E-state index in [-0.39, 0.29) is 0 Å². The first-order valence-electron chi connectivity index (χ1n) is 9.08. The van der Waals surface area contributed by atoms with Gasteiger partial charge in [-0.15, -0.1) is 0 Å². The summed E-state index contributed by atoms with van der Waals surface area (Å²) >= 11 is 12.5. The van der Waals surface area contributed by atoms with Crippen LogP contribution in [0.5, 0.6) is 0 Å². The van der Waals surface area contributed by atoms with E-state index in [0.29, 0.717) is 16.1 Å². The van der Waals surface area contributed by atoms with Crippen molar-refractivity contribution in [3.05, 3.63) is 64.6 Å². The fraction of sp³-hybridized carbons (Fsp3) is 0.286. The zero-order valence-corrected chi connectivity index (χ0v) is 16.0. The number of halogens is 2. The molecule has 0 aliphatic heterocycles. The standard InChI is InChI=1S/C21H21Cl2N3/c22-16-11-12-20(18(23)13-16)26-21(24-17-9-5-2-6-10-17)14-19(25-26)15-7-3-1-4-8-15/h1,3-4,7-8,11-14,17,24H,2,5-6,9-10H2. The number of hydrogen-bond acceptors (Lipinski definition) is 2. The smallest absolute Gasteiger partial charge is 0.130 e. The number of anilines is 1. The highest BCUT2D eigenvalue weighted by atomic mass is 35.5. The molecule has 5 heteroatoms. The van der Waals surface area contributed by atoms with Crippen molar-refractivity contribution in [1.82, 2.24) is 9.78 Å². The quantitative estimate of drug-likeness (QED) is 0.548. The number of benzene rings is 2. The molecule has 3 nitrogen and oxygen atoms in total. The molecule has 26 heavy (non-hydrogen) atoms. The maximum absolute atomic E-state index is 6.46. The van der Waals surface area contributed by atoms with Gasteiger partial charge in [-0.05, 0) is 31.0 Å². The molecule has 0 amide bonds. The fourth-order valence-corrected chi connectivity index (χ4v) is 4.02. The summed E-state index contributed by atoms with van der Waals surface area (Å²) in [4.78, 5) is 0. The Bertz CT molecular complexity index is 884. The molecule has 134 valence electrons. The lowest BCUT2D eigenvalue weighted by molar-refractivity contribution is 0.461. The van der Waals surface area contributed by atoms with Crippen molar-refractivity contribution in [2.24, 2.45) is 0 Å². The van der Waals surface area contributed by atoms with Crippen LogP contribution in [0.2, 0.25) is 10.0 Å². The van der Waals surface area contributed by atoms with Crippen LogP contribution in [0.4, 0.5) is 5.82 Å². The van der Waals surface area contributed by atoms with E-state index in [0.717, 1.165) is 22.8 Å². The Morgan fingerprint density at radius 3 is 2.42 bits per heavy atom. The Labute approximate surface area is 163 Å². The van der Waals surface area contributed by atoms with Gasteiger partial charge < -0.3 is 5.32 Å². The maximum Gasteiger partial charge on any atom is 0.130 e. The van der Waals surface area contributed by atoms with E-state index in [9.17, 15) is 0 Å². The molecule has 0 bridgehead atoms. The SMILES string of the molecule is Clc1ccc(-n2nc(-c3ccccc3)cc2NC2CCCCC2)c(Cl)c1. The third-order valence-electron chi connectivity index (χ3n) is 4.87. The van der Waals surface area contributed by atoms with Crippen LogP contribution in [-0.4, -0.2) is 15.8 Å². The largest absolute Gasteiger partial charge is 0.367 e. The number of nitrogens with zero attached hydrogens (tertiary/aromatic N) is 2. The first-order valence-corrected chi connectivity index (χ1v) is 9.84. The third-order valence-corrected chi connectivity index (χ3v) is 5.41. The highest BCUT2D eigenvalue weighted by Crippen LogP contribution is 2.31. The second-order valence-corrected chi connectivity index (χ2v) is 7.61. The molecule has 0 radical (unpaired) electrons. The van der Waals surface area contributed by atoms with Crippen LogP contribution in [0, 0.1) is 0 Å². The fourth-order valence-electron chi connectivity index (χ4n) is 3.53. The van der Waals surface area contributed by atoms with E-state index >= 15 is 0 Å². The Kier molecular flexibility index (Phi) is 5.18. The summed E-state index contributed by atoms with van der Waals surface area (Å²) < 4.78 is 1.90. The summed E-state index contributed by atoms with van der Waals surface area (Å²) in [6, 6.07) is 18.3. The lowest BCUT2D eigenvalue weighted by Gasteiger charge is -2.24. The molecule has 1 saturated carbocycles. The van der Waals surface area contributed by atoms with Crippen molar-refractivity contribution in [2.75, 3.05) is 5.32 Å². The molecule has 0 unspecified atom stereocenters. The molecule has 1 N–H and O–H groups in total. The van der Waals surface area contributed by atoms with Gasteiger partial charge in [-0.25, -0.2) is 4.68 Å². The minimum absolute atomic E-state index is 0.480. The molecule has 1 aliphatic rings. The van der Waals surface area contributed by atoms with Gasteiger partial charge in [-0.1, -0.05) is 72.8 Å². The zero-order chi connectivity index (χ0) is 17.9. The highest BCUT2D eigenvalue weighted by Gasteiger charge is 2.18. The lowest BCUT2D eigenvalue weighted by Crippen LogP contribution is -2.23. The van der Waals surface area contributed by atoms with Gasteiger partial charge in [-0.3, -0.25) is 0 Å². The maximum atomic E-state index is 6.46. The summed E-state index contributed by atoms with van der Waals surface area (Å²) in [7, 11) is 0. The molecule has 1 fully saturated rings. The van der Waals surface area contributed by atoms with Crippen LogP contribution in [0.15, 0.2) is 54.6 Å². The van der Waals surface area contributed by atoms with Gasteiger partial charge in [0, 0.05) is 22.7 Å². The van der Waals surface area contributed by atoms with E-state index in [2.05, 4.69) is 23.5 Å². The second-order valence-electron chi connectivity index (χ2n) is 6.77. The van der Waals surface area contributed by atoms with E-state index in [4.69, 9.17) is 28.3 Å². The minimum atomic E-state index is 0.480. The van der Waals surface area contributed by atoms with Gasteiger partial charge in [0.2, 0.25) is 0 Å². The first-order chi connectivity index (χ1) is 12.7. The van der Waals surface area contributed by atoms with Gasteiger partial charge in [0.1, 0.15) is 5.82 Å². The highest BCUT2D eigenvalue weighted by molar-refractivity contribution is 6.35. The predicted molar refractivity (Wildman–Crippen MR) is 110 cm³/mol. The molecule has 0 spiro atoms. The lowest BCUT2D eigenvalue weighted by atomic mass is 9.95. The van der Waals surface area contributed by atoms with Crippen molar-refractivity contribution in [1.29, 1.82) is 0 Å². The molecule has 0 atom stereocenters. The monoisotopic (exact) mass is 385 g/mol. The molecule has 0 saturated heterocycles. The summed E-state index contributed by atoms with van der Waals surface area (Å²) in [6.07, 6.45) is 6.27. The molecule has 1 heterocycles. The van der Waals surface area contributed by atoms with E-state index in [1.165, 1.54) is 32.1 Å². The number of nitrogens with one attached hydrogen (secondary N) is 1. The van der Waals surface area contributed by atoms with E-state index < -0.39 is 0 Å². The summed E-state index contributed by atoms with van der Waals surface area (Å²) in [6.45, 7) is 0. The van der Waals surface area contributed by atoms with Crippen molar-refractivity contribution in [3.8, 4) is 16.9 Å². The third kappa shape index (κ3) is 3.74. The summed E-state index contributed by atoms with van der Waals surface area (Å²) in [5.74, 6) is 0.972. The van der Waals surface area contributed by atoms with E-state index in [1.807, 2.05) is 35.0 Å². The van der Waals surface area contributed by atoms with Crippen LogP contribution in [0.1, 0.15) is 32.1 Å². The predicted octanol–water partition coefficient (Wildman–Crippen LogP) is 6.59. The summed E-state index contributed by atoms with van der Waals surface area (Å²) in [5, 5.41) is 9.73. The van der Waals surface area contributed by atoms with Gasteiger partial charge in [0.15, 0.2) is 0 Å². The van der Waals surface area contributed by atoms with Crippen LogP contribution in [-0.2, 0) is 0 Å². The van der Waals surface area contributed by atoms with Gasteiger partial charge in [0.25, 0.3) is 0 Å². The Morgan fingerprint density at radius 2 is 1.69 bits per heavy atom. The van der Waals surface area contributed by atoms with Crippen LogP contribution in [0.25, 0.3) is 16.9 Å². The van der Waals surface area contributed by atoms with Crippen LogP contribution in [0.3, 0.4) is 0 Å². The minimum Gasteiger partial charge on any atom is -0.367 e. The molecule has 1 aliphatic carbocycles. The molecule has 1 aromatic heterocycles. The van der Waals surface area contributed by atoms with Crippen molar-refractivity contribution in [2.45, 2.75) is 38.1 Å². The molecule has 4 rings (SSSR count). The van der Waals surface area contributed by atoms with Crippen molar-refractivity contribution < 1.29 is 0 Å². The second kappa shape index (κ2) is 7.73. The first kappa shape index (κ1) is 17.4. The molecular formula is C21H21Cl2N3. The van der Waals surface area contributed by atoms with Gasteiger partial charge >= 0.3 is 0 Å². The number of aromatic nitrogens is 2. The Hall–Kier alpha value is -1.97. The summed E-state index contributed by atoms with van der Waals surface area (Å²) in [5.41, 5.74) is 2.84. The average Bonchev–Trinajstić information content (AvgIpc) is 3.07. The van der Waals surface area contributed by atoms with Crippen LogP contribution < -0.4 is 5.32 Å². The van der Waals surface area contributed by atoms with Gasteiger partial charge in [0.05, 0.1) is 16.4 Å². The molecule has 2 aromatic carbocycles. The normalized spacial score (nSPS) is 15.2. The molecule has 3 aromatic rings. The van der Waals surface area contributed by atoms with Crippen molar-refractivity contribution >= 4 is 29.0 Å². The van der Waals surface area contributed by atoms with Crippen molar-refractivity contribution in [3.63, 3.8) is 0 Å². The Morgan fingerprint density at radius 1 is 0.923 bits per heavy atom. The molecular weight excluding hydrogens is 365 g/mol. The van der Waals surface area contributed by atoms with Crippen LogP contribution >= 0.6 is 23.2 Å². The topological polar surface area (TPSA) is 29.9 Å². The van der Waals surface area contributed by atoms with E-state index in [1.54, 1.807) is 6.07 Å².